The summed E-state index contributed by atoms with van der Waals surface area (Å²) < 4.78 is 7.15. The first kappa shape index (κ1) is 39.2. The zero-order chi connectivity index (χ0) is 40.3. The summed E-state index contributed by atoms with van der Waals surface area (Å²) in [7, 11) is 0. The van der Waals surface area contributed by atoms with Crippen molar-refractivity contribution in [3.8, 4) is 0 Å². The van der Waals surface area contributed by atoms with E-state index in [-0.39, 0.29) is 0 Å². The first-order valence-corrected chi connectivity index (χ1v) is 25.8. The minimum atomic E-state index is 0.336. The first-order chi connectivity index (χ1) is 30.2. The Morgan fingerprint density at radius 3 is 2.36 bits per heavy atom. The second-order valence-electron chi connectivity index (χ2n) is 21.9. The van der Waals surface area contributed by atoms with Crippen molar-refractivity contribution in [2.45, 2.75) is 146 Å². The number of nitrogens with zero attached hydrogens (tertiary/aromatic N) is 1. The lowest BCUT2D eigenvalue weighted by Crippen LogP contribution is -2.60. The van der Waals surface area contributed by atoms with Gasteiger partial charge in [0.1, 0.15) is 0 Å². The molecule has 3 saturated carbocycles. The van der Waals surface area contributed by atoms with E-state index >= 15 is 0 Å². The molecule has 11 aliphatic carbocycles. The predicted octanol–water partition coefficient (Wildman–Crippen LogP) is 14.2. The molecule has 16 atom stereocenters. The summed E-state index contributed by atoms with van der Waals surface area (Å²) in [5, 5.41) is 0. The third-order valence-electron chi connectivity index (χ3n) is 19.4. The molecule has 0 N–H and O–H groups in total. The summed E-state index contributed by atoms with van der Waals surface area (Å²) in [5.74, 6) is 8.53. The molecule has 4 fully saturated rings. The van der Waals surface area contributed by atoms with E-state index < -0.39 is 0 Å². The molecule has 0 aromatic heterocycles. The Kier molecular flexibility index (Phi) is 10.7. The molecular weight excluding hydrogens is 739 g/mol. The summed E-state index contributed by atoms with van der Waals surface area (Å²) in [5.41, 5.74) is 6.54. The van der Waals surface area contributed by atoms with Gasteiger partial charge in [-0.15, -0.1) is 0 Å². The van der Waals surface area contributed by atoms with Gasteiger partial charge in [-0.1, -0.05) is 134 Å². The summed E-state index contributed by atoms with van der Waals surface area (Å²) in [6, 6.07) is 0.903. The molecule has 12 aliphatic rings. The molecule has 15 unspecified atom stereocenters. The highest BCUT2D eigenvalue weighted by Crippen LogP contribution is 2.74. The van der Waals surface area contributed by atoms with Gasteiger partial charge in [-0.25, -0.2) is 0 Å². The van der Waals surface area contributed by atoms with Crippen LogP contribution in [0, 0.1) is 70.5 Å². The van der Waals surface area contributed by atoms with Crippen LogP contribution in [-0.2, 0) is 4.74 Å². The standard InChI is InChI=1S/C59H73NO/c1-3-13-40(14-4-1)42-23-31-47(32-24-42)60(48-33-25-43(26-34-48)41-15-5-2-6-16-41)49-35-27-44(28-36-49)46-30-37-52-51(39-46)58-50-18-8-7-17-45(50)29-38-55(58)59(52)53-19-9-11-21-56(53)61-57-22-12-10-20-54(57)59/h1-5,9,12-13,15,19,22-23,25-27,29,31,33,35,38,40,44-46,48-58H,6-8,10-11,14,16-18,20-21,24,28,30,32,34,36-37,39H2/t40?,44?,45?,46?,48?,49?,50?,51?,52?,53?,54?,55?,56?,57?,58?,59-/m0/s1. The van der Waals surface area contributed by atoms with Crippen molar-refractivity contribution in [3.63, 3.8) is 0 Å². The fraction of sp³-hybridized carbons (Fsp3) is 0.593. The molecular formula is C59H73NO. The molecule has 12 rings (SSSR count). The third kappa shape index (κ3) is 6.80. The summed E-state index contributed by atoms with van der Waals surface area (Å²) in [6.45, 7) is 0. The maximum Gasteiger partial charge on any atom is 0.0793 e. The lowest BCUT2D eigenvalue weighted by Gasteiger charge is -2.61. The van der Waals surface area contributed by atoms with E-state index in [4.69, 9.17) is 4.74 Å². The van der Waals surface area contributed by atoms with Crippen LogP contribution in [0.15, 0.2) is 144 Å². The zero-order valence-electron chi connectivity index (χ0n) is 37.0. The molecule has 2 nitrogen and oxygen atoms in total. The first-order valence-electron chi connectivity index (χ1n) is 25.8. The fourth-order valence-corrected chi connectivity index (χ4v) is 17.0. The van der Waals surface area contributed by atoms with Crippen molar-refractivity contribution in [2.75, 3.05) is 0 Å². The van der Waals surface area contributed by atoms with Crippen molar-refractivity contribution in [1.29, 1.82) is 0 Å². The Hall–Kier alpha value is -3.36. The van der Waals surface area contributed by atoms with E-state index in [1.54, 1.807) is 11.3 Å². The van der Waals surface area contributed by atoms with Crippen LogP contribution in [0.1, 0.15) is 122 Å². The van der Waals surface area contributed by atoms with Gasteiger partial charge in [-0.3, -0.25) is 0 Å². The molecule has 61 heavy (non-hydrogen) atoms. The van der Waals surface area contributed by atoms with E-state index in [0.717, 1.165) is 66.6 Å². The summed E-state index contributed by atoms with van der Waals surface area (Å²) in [6.07, 6.45) is 75.9. The quantitative estimate of drug-likeness (QED) is 0.248. The Labute approximate surface area is 368 Å². The van der Waals surface area contributed by atoms with Crippen LogP contribution in [0.2, 0.25) is 0 Å². The number of rotatable bonds is 6. The van der Waals surface area contributed by atoms with Crippen LogP contribution in [-0.4, -0.2) is 29.2 Å². The van der Waals surface area contributed by atoms with Crippen LogP contribution >= 0.6 is 0 Å². The van der Waals surface area contributed by atoms with Crippen molar-refractivity contribution < 1.29 is 4.74 Å². The number of allylic oxidation sites excluding steroid dienone is 19. The average Bonchev–Trinajstić information content (AvgIpc) is 3.63. The summed E-state index contributed by atoms with van der Waals surface area (Å²) >= 11 is 0. The molecule has 0 radical (unpaired) electrons. The lowest BCUT2D eigenvalue weighted by atomic mass is 9.47. The largest absolute Gasteiger partial charge is 0.370 e. The highest BCUT2D eigenvalue weighted by Gasteiger charge is 2.70. The average molecular weight is 812 g/mol. The van der Waals surface area contributed by atoms with Crippen LogP contribution in [0.25, 0.3) is 0 Å². The zero-order valence-corrected chi connectivity index (χ0v) is 37.0. The molecule has 0 amide bonds. The van der Waals surface area contributed by atoms with Crippen molar-refractivity contribution in [1.82, 2.24) is 4.90 Å². The molecule has 0 bridgehead atoms. The number of hydrogen-bond acceptors (Lipinski definition) is 2. The van der Waals surface area contributed by atoms with Crippen molar-refractivity contribution in [3.05, 3.63) is 144 Å². The van der Waals surface area contributed by atoms with Crippen LogP contribution < -0.4 is 0 Å². The predicted molar refractivity (Wildman–Crippen MR) is 252 cm³/mol. The molecule has 0 aromatic carbocycles. The SMILES string of the molecule is C1=CCCC(C2=CCC(N(C3=CC=C(C4C=CC=CC4)CC3)C3C=CC(C4CCC5C(C4)C4C6CCCCC6C=CC4[C@]54C5C=CCCC5OC5C=CCCC54)CC3)C=C2)=C1. The molecule has 2 heteroatoms. The number of ether oxygens (including phenoxy) is 1. The molecule has 1 aliphatic heterocycles. The molecule has 1 heterocycles. The third-order valence-corrected chi connectivity index (χ3v) is 19.4. The highest BCUT2D eigenvalue weighted by atomic mass is 16.5. The van der Waals surface area contributed by atoms with Gasteiger partial charge in [-0.2, -0.15) is 0 Å². The Bertz CT molecular complexity index is 2060. The van der Waals surface area contributed by atoms with Gasteiger partial charge >= 0.3 is 0 Å². The monoisotopic (exact) mass is 812 g/mol. The molecule has 320 valence electrons. The van der Waals surface area contributed by atoms with Crippen LogP contribution in [0.4, 0.5) is 0 Å². The van der Waals surface area contributed by atoms with E-state index in [2.05, 4.69) is 126 Å². The highest BCUT2D eigenvalue weighted by molar-refractivity contribution is 5.46. The second-order valence-corrected chi connectivity index (χ2v) is 21.9. The minimum Gasteiger partial charge on any atom is -0.370 e. The van der Waals surface area contributed by atoms with Gasteiger partial charge in [0.15, 0.2) is 0 Å². The smallest absolute Gasteiger partial charge is 0.0793 e. The van der Waals surface area contributed by atoms with Gasteiger partial charge in [0.2, 0.25) is 0 Å². The Balaban J connectivity index is 0.828. The molecule has 0 aromatic rings. The van der Waals surface area contributed by atoms with Crippen LogP contribution in [0.5, 0.6) is 0 Å². The van der Waals surface area contributed by atoms with Crippen molar-refractivity contribution >= 4 is 0 Å². The van der Waals surface area contributed by atoms with Gasteiger partial charge in [0.05, 0.1) is 18.2 Å². The minimum absolute atomic E-state index is 0.336. The van der Waals surface area contributed by atoms with Crippen LogP contribution in [0.3, 0.4) is 0 Å². The van der Waals surface area contributed by atoms with E-state index in [9.17, 15) is 0 Å². The van der Waals surface area contributed by atoms with E-state index in [1.807, 2.05) is 0 Å². The maximum absolute atomic E-state index is 7.15. The Morgan fingerprint density at radius 2 is 1.52 bits per heavy atom. The van der Waals surface area contributed by atoms with Gasteiger partial charge in [0, 0.05) is 23.6 Å². The second kappa shape index (κ2) is 16.6. The number of hydrogen-bond donors (Lipinski definition) is 0. The molecule has 1 saturated heterocycles. The maximum atomic E-state index is 7.15. The van der Waals surface area contributed by atoms with Crippen molar-refractivity contribution in [2.24, 2.45) is 70.5 Å². The van der Waals surface area contributed by atoms with Gasteiger partial charge in [0.25, 0.3) is 0 Å². The normalized spacial score (nSPS) is 45.5. The molecule has 1 spiro atoms. The topological polar surface area (TPSA) is 12.5 Å². The van der Waals surface area contributed by atoms with E-state index in [1.165, 1.54) is 114 Å². The van der Waals surface area contributed by atoms with Gasteiger partial charge in [-0.05, 0) is 185 Å². The number of fused-ring (bicyclic) bond motifs is 11. The van der Waals surface area contributed by atoms with E-state index in [0.29, 0.717) is 47.5 Å². The van der Waals surface area contributed by atoms with Gasteiger partial charge < -0.3 is 9.64 Å². The Morgan fingerprint density at radius 1 is 0.590 bits per heavy atom. The summed E-state index contributed by atoms with van der Waals surface area (Å²) in [4.78, 5) is 2.89. The lowest BCUT2D eigenvalue weighted by molar-refractivity contribution is -0.196. The fourth-order valence-electron chi connectivity index (χ4n) is 17.0.